The Labute approximate surface area is 116 Å². The molecule has 1 aliphatic heterocycles. The minimum Gasteiger partial charge on any atom is -0.356 e. The first-order valence-electron chi connectivity index (χ1n) is 7.80. The van der Waals surface area contributed by atoms with Crippen molar-refractivity contribution in [1.82, 2.24) is 10.6 Å². The van der Waals surface area contributed by atoms with Crippen LogP contribution in [0.15, 0.2) is 0 Å². The van der Waals surface area contributed by atoms with Crippen molar-refractivity contribution < 1.29 is 4.79 Å². The largest absolute Gasteiger partial charge is 0.356 e. The quantitative estimate of drug-likeness (QED) is 0.820. The fourth-order valence-corrected chi connectivity index (χ4v) is 4.37. The van der Waals surface area contributed by atoms with Gasteiger partial charge in [-0.3, -0.25) is 4.79 Å². The third-order valence-electron chi connectivity index (χ3n) is 6.91. The van der Waals surface area contributed by atoms with E-state index in [1.165, 1.54) is 12.8 Å². The summed E-state index contributed by atoms with van der Waals surface area (Å²) >= 11 is 0. The van der Waals surface area contributed by atoms with E-state index in [-0.39, 0.29) is 0 Å². The van der Waals surface area contributed by atoms with Crippen LogP contribution < -0.4 is 10.6 Å². The molecule has 108 valence electrons. The summed E-state index contributed by atoms with van der Waals surface area (Å²) in [7, 11) is 0. The third-order valence-corrected chi connectivity index (χ3v) is 6.91. The van der Waals surface area contributed by atoms with Gasteiger partial charge in [0.15, 0.2) is 0 Å². The maximum atomic E-state index is 12.3. The van der Waals surface area contributed by atoms with Gasteiger partial charge in [-0.05, 0) is 54.5 Å². The average Bonchev–Trinajstić information content (AvgIpc) is 3.13. The van der Waals surface area contributed by atoms with Crippen molar-refractivity contribution in [3.05, 3.63) is 0 Å². The number of hydrogen-bond donors (Lipinski definition) is 2. The average molecular weight is 264 g/mol. The van der Waals surface area contributed by atoms with E-state index in [1.807, 2.05) is 0 Å². The Morgan fingerprint density at radius 3 is 2.26 bits per heavy atom. The molecule has 19 heavy (non-hydrogen) atoms. The summed E-state index contributed by atoms with van der Waals surface area (Å²) in [5.41, 5.74) is 1.11. The van der Waals surface area contributed by atoms with Gasteiger partial charge in [0.05, 0.1) is 0 Å². The van der Waals surface area contributed by atoms with Gasteiger partial charge < -0.3 is 10.6 Å². The Balaban J connectivity index is 1.49. The Kier molecular flexibility index (Phi) is 2.80. The molecule has 0 radical (unpaired) electrons. The van der Waals surface area contributed by atoms with E-state index in [1.54, 1.807) is 0 Å². The first kappa shape index (κ1) is 13.4. The van der Waals surface area contributed by atoms with E-state index in [9.17, 15) is 4.79 Å². The third kappa shape index (κ3) is 1.93. The van der Waals surface area contributed by atoms with Gasteiger partial charge in [0.2, 0.25) is 5.91 Å². The second kappa shape index (κ2) is 3.97. The molecule has 0 aromatic heterocycles. The molecule has 3 aliphatic rings. The zero-order chi connectivity index (χ0) is 13.9. The summed E-state index contributed by atoms with van der Waals surface area (Å²) in [6.45, 7) is 12.3. The van der Waals surface area contributed by atoms with Crippen LogP contribution in [-0.4, -0.2) is 25.5 Å². The Morgan fingerprint density at radius 2 is 1.74 bits per heavy atom. The Morgan fingerprint density at radius 1 is 1.16 bits per heavy atom. The van der Waals surface area contributed by atoms with E-state index in [0.29, 0.717) is 34.0 Å². The Bertz CT molecular complexity index is 380. The van der Waals surface area contributed by atoms with Crippen LogP contribution in [0.25, 0.3) is 0 Å². The van der Waals surface area contributed by atoms with Gasteiger partial charge in [-0.2, -0.15) is 0 Å². The molecule has 1 amide bonds. The fourth-order valence-electron chi connectivity index (χ4n) is 4.37. The van der Waals surface area contributed by atoms with Gasteiger partial charge in [-0.1, -0.05) is 27.7 Å². The summed E-state index contributed by atoms with van der Waals surface area (Å²) in [5, 5.41) is 6.62. The standard InChI is InChI=1S/C16H28N2O/c1-14(2)12(15(14,3)4)10-18-13(19)11-9-16(11)5-7-17-8-6-16/h11-12,17H,5-10H2,1-4H3,(H,18,19). The molecule has 2 saturated carbocycles. The molecule has 3 fully saturated rings. The van der Waals surface area contributed by atoms with Crippen LogP contribution in [0, 0.1) is 28.1 Å². The lowest BCUT2D eigenvalue weighted by Gasteiger charge is -2.23. The molecule has 1 unspecified atom stereocenters. The predicted molar refractivity (Wildman–Crippen MR) is 76.7 cm³/mol. The van der Waals surface area contributed by atoms with Crippen LogP contribution in [0.5, 0.6) is 0 Å². The molecule has 0 aromatic rings. The van der Waals surface area contributed by atoms with E-state index in [4.69, 9.17) is 0 Å². The zero-order valence-corrected chi connectivity index (χ0v) is 12.8. The van der Waals surface area contributed by atoms with Gasteiger partial charge in [0, 0.05) is 12.5 Å². The van der Waals surface area contributed by atoms with Crippen LogP contribution >= 0.6 is 0 Å². The molecule has 3 rings (SSSR count). The van der Waals surface area contributed by atoms with Gasteiger partial charge in [-0.15, -0.1) is 0 Å². The SMILES string of the molecule is CC1(C)C(CNC(=O)C2CC23CCNCC3)C1(C)C. The lowest BCUT2D eigenvalue weighted by atomic mass is 9.92. The summed E-state index contributed by atoms with van der Waals surface area (Å²) in [6.07, 6.45) is 3.50. The maximum Gasteiger partial charge on any atom is 0.223 e. The second-order valence-electron chi connectivity index (χ2n) is 8.11. The monoisotopic (exact) mass is 264 g/mol. The summed E-state index contributed by atoms with van der Waals surface area (Å²) in [4.78, 5) is 12.3. The molecule has 1 saturated heterocycles. The zero-order valence-electron chi connectivity index (χ0n) is 12.8. The minimum absolute atomic E-state index is 0.305. The summed E-state index contributed by atoms with van der Waals surface area (Å²) < 4.78 is 0. The minimum atomic E-state index is 0.305. The van der Waals surface area contributed by atoms with Crippen molar-refractivity contribution >= 4 is 5.91 Å². The summed E-state index contributed by atoms with van der Waals surface area (Å²) in [6, 6.07) is 0. The van der Waals surface area contributed by atoms with E-state index < -0.39 is 0 Å². The molecule has 2 aliphatic carbocycles. The van der Waals surface area contributed by atoms with E-state index >= 15 is 0 Å². The van der Waals surface area contributed by atoms with Crippen molar-refractivity contribution in [2.75, 3.05) is 19.6 Å². The van der Waals surface area contributed by atoms with E-state index in [2.05, 4.69) is 38.3 Å². The van der Waals surface area contributed by atoms with Crippen LogP contribution in [-0.2, 0) is 4.79 Å². The normalized spacial score (nSPS) is 34.0. The summed E-state index contributed by atoms with van der Waals surface area (Å²) in [5.74, 6) is 1.26. The number of nitrogens with one attached hydrogen (secondary N) is 2. The Hall–Kier alpha value is -0.570. The van der Waals surface area contributed by atoms with Crippen LogP contribution in [0.1, 0.15) is 47.0 Å². The van der Waals surface area contributed by atoms with Gasteiger partial charge >= 0.3 is 0 Å². The van der Waals surface area contributed by atoms with E-state index in [0.717, 1.165) is 26.1 Å². The van der Waals surface area contributed by atoms with Gasteiger partial charge in [-0.25, -0.2) is 0 Å². The number of amides is 1. The highest BCUT2D eigenvalue weighted by Crippen LogP contribution is 2.68. The fraction of sp³-hybridized carbons (Fsp3) is 0.938. The van der Waals surface area contributed by atoms with Gasteiger partial charge in [0.1, 0.15) is 0 Å². The molecule has 1 spiro atoms. The first-order valence-corrected chi connectivity index (χ1v) is 7.80. The van der Waals surface area contributed by atoms with Crippen molar-refractivity contribution in [1.29, 1.82) is 0 Å². The molecular weight excluding hydrogens is 236 g/mol. The van der Waals surface area contributed by atoms with Crippen LogP contribution in [0.4, 0.5) is 0 Å². The molecule has 1 heterocycles. The lowest BCUT2D eigenvalue weighted by molar-refractivity contribution is -0.123. The molecule has 3 heteroatoms. The van der Waals surface area contributed by atoms with Crippen LogP contribution in [0.3, 0.4) is 0 Å². The number of hydrogen-bond acceptors (Lipinski definition) is 2. The van der Waals surface area contributed by atoms with Crippen molar-refractivity contribution in [2.45, 2.75) is 47.0 Å². The number of piperidine rings is 1. The van der Waals surface area contributed by atoms with Crippen molar-refractivity contribution in [3.8, 4) is 0 Å². The molecule has 1 atom stereocenters. The molecule has 3 nitrogen and oxygen atoms in total. The highest BCUT2D eigenvalue weighted by atomic mass is 16.2. The number of rotatable bonds is 3. The molecule has 0 bridgehead atoms. The number of carbonyl (C=O) groups is 1. The highest BCUT2D eigenvalue weighted by molar-refractivity contribution is 5.82. The van der Waals surface area contributed by atoms with Crippen molar-refractivity contribution in [3.63, 3.8) is 0 Å². The number of carbonyl (C=O) groups excluding carboxylic acids is 1. The second-order valence-corrected chi connectivity index (χ2v) is 8.11. The van der Waals surface area contributed by atoms with Gasteiger partial charge in [0.25, 0.3) is 0 Å². The maximum absolute atomic E-state index is 12.3. The molecule has 2 N–H and O–H groups in total. The van der Waals surface area contributed by atoms with Crippen molar-refractivity contribution in [2.24, 2.45) is 28.1 Å². The molecule has 0 aromatic carbocycles. The lowest BCUT2D eigenvalue weighted by Crippen LogP contribution is -2.34. The smallest absolute Gasteiger partial charge is 0.223 e. The highest BCUT2D eigenvalue weighted by Gasteiger charge is 2.64. The predicted octanol–water partition coefficient (Wildman–Crippen LogP) is 2.17. The molecular formula is C16H28N2O. The topological polar surface area (TPSA) is 41.1 Å². The first-order chi connectivity index (χ1) is 8.81. The van der Waals surface area contributed by atoms with Crippen LogP contribution in [0.2, 0.25) is 0 Å².